The van der Waals surface area contributed by atoms with Gasteiger partial charge in [0.15, 0.2) is 0 Å². The molecule has 6 atom stereocenters. The number of amides is 2. The number of aliphatic hydroxyl groups is 1. The molecule has 3 heterocycles. The predicted molar refractivity (Wildman–Crippen MR) is 143 cm³/mol. The lowest BCUT2D eigenvalue weighted by molar-refractivity contribution is -0.155. The summed E-state index contributed by atoms with van der Waals surface area (Å²) in [5.74, 6) is -1.80. The second kappa shape index (κ2) is 12.6. The summed E-state index contributed by atoms with van der Waals surface area (Å²) in [6, 6.07) is -1.19. The molecule has 2 bridgehead atoms. The molecule has 0 aliphatic carbocycles. The fourth-order valence-corrected chi connectivity index (χ4v) is 8.47. The van der Waals surface area contributed by atoms with Crippen molar-refractivity contribution in [1.29, 1.82) is 0 Å². The number of esters is 1. The van der Waals surface area contributed by atoms with E-state index in [1.54, 1.807) is 28.8 Å². The van der Waals surface area contributed by atoms with E-state index >= 15 is 0 Å². The van der Waals surface area contributed by atoms with Crippen LogP contribution in [0.4, 0.5) is 0 Å². The van der Waals surface area contributed by atoms with Crippen LogP contribution >= 0.6 is 11.8 Å². The quantitative estimate of drug-likeness (QED) is 0.201. The van der Waals surface area contributed by atoms with Crippen LogP contribution in [0.1, 0.15) is 65.7 Å². The highest BCUT2D eigenvalue weighted by atomic mass is 32.2. The molecule has 3 saturated heterocycles. The third kappa shape index (κ3) is 5.26. The van der Waals surface area contributed by atoms with Gasteiger partial charge in [0.2, 0.25) is 11.8 Å². The minimum atomic E-state index is -0.704. The molecule has 202 valence electrons. The van der Waals surface area contributed by atoms with Crippen molar-refractivity contribution >= 4 is 29.5 Å². The van der Waals surface area contributed by atoms with Gasteiger partial charge in [0.25, 0.3) is 0 Å². The summed E-state index contributed by atoms with van der Waals surface area (Å²) in [7, 11) is 0. The molecule has 0 radical (unpaired) electrons. The van der Waals surface area contributed by atoms with Gasteiger partial charge in [-0.25, -0.2) is 0 Å². The minimum absolute atomic E-state index is 0.0251. The summed E-state index contributed by atoms with van der Waals surface area (Å²) in [5, 5.41) is 10.3. The van der Waals surface area contributed by atoms with Gasteiger partial charge < -0.3 is 19.6 Å². The van der Waals surface area contributed by atoms with Gasteiger partial charge in [-0.15, -0.1) is 24.9 Å². The van der Waals surface area contributed by atoms with Crippen molar-refractivity contribution in [3.05, 3.63) is 25.3 Å². The van der Waals surface area contributed by atoms with E-state index in [1.807, 2.05) is 18.7 Å². The molecule has 0 saturated carbocycles. The Bertz CT molecular complexity index is 833. The number of aliphatic hydroxyl groups excluding tert-OH is 1. The molecule has 3 aliphatic rings. The van der Waals surface area contributed by atoms with E-state index in [0.29, 0.717) is 32.5 Å². The van der Waals surface area contributed by atoms with Crippen LogP contribution in [0, 0.1) is 17.8 Å². The Morgan fingerprint density at radius 1 is 1.28 bits per heavy atom. The second-order valence-electron chi connectivity index (χ2n) is 10.7. The summed E-state index contributed by atoms with van der Waals surface area (Å²) in [6.07, 6.45) is 9.42. The van der Waals surface area contributed by atoms with Crippen LogP contribution in [-0.4, -0.2) is 81.1 Å². The fourth-order valence-electron chi connectivity index (χ4n) is 6.29. The first-order chi connectivity index (χ1) is 17.3. The van der Waals surface area contributed by atoms with Gasteiger partial charge in [-0.05, 0) is 38.0 Å². The van der Waals surface area contributed by atoms with E-state index in [0.717, 1.165) is 32.1 Å². The normalized spacial score (nSPS) is 29.4. The van der Waals surface area contributed by atoms with Crippen LogP contribution in [0.2, 0.25) is 0 Å². The zero-order valence-electron chi connectivity index (χ0n) is 22.2. The number of allylic oxidation sites excluding steroid dienone is 1. The van der Waals surface area contributed by atoms with Crippen LogP contribution < -0.4 is 0 Å². The van der Waals surface area contributed by atoms with E-state index < -0.39 is 28.7 Å². The Hall–Kier alpha value is -1.80. The molecule has 8 heteroatoms. The molecule has 0 aromatic rings. The average molecular weight is 521 g/mol. The van der Waals surface area contributed by atoms with Gasteiger partial charge >= 0.3 is 5.97 Å². The van der Waals surface area contributed by atoms with Crippen LogP contribution in [0.25, 0.3) is 0 Å². The summed E-state index contributed by atoms with van der Waals surface area (Å²) in [5.41, 5.74) is 0. The van der Waals surface area contributed by atoms with Gasteiger partial charge in [-0.2, -0.15) is 0 Å². The Morgan fingerprint density at radius 3 is 2.64 bits per heavy atom. The van der Waals surface area contributed by atoms with Crippen molar-refractivity contribution in [2.45, 2.75) is 87.8 Å². The van der Waals surface area contributed by atoms with Crippen molar-refractivity contribution in [1.82, 2.24) is 9.80 Å². The van der Waals surface area contributed by atoms with Crippen molar-refractivity contribution in [2.24, 2.45) is 17.8 Å². The molecular formula is C28H44N2O5S. The molecule has 1 spiro atoms. The predicted octanol–water partition coefficient (Wildman–Crippen LogP) is 3.81. The van der Waals surface area contributed by atoms with Crippen molar-refractivity contribution in [3.8, 4) is 0 Å². The van der Waals surface area contributed by atoms with E-state index in [4.69, 9.17) is 4.74 Å². The second-order valence-corrected chi connectivity index (χ2v) is 12.3. The summed E-state index contributed by atoms with van der Waals surface area (Å²) in [4.78, 5) is 45.1. The van der Waals surface area contributed by atoms with E-state index in [1.165, 1.54) is 0 Å². The van der Waals surface area contributed by atoms with Gasteiger partial charge in [0.05, 0.1) is 35.8 Å². The molecular weight excluding hydrogens is 476 g/mol. The van der Waals surface area contributed by atoms with Gasteiger partial charge in [0, 0.05) is 18.3 Å². The first-order valence-electron chi connectivity index (χ1n) is 13.6. The van der Waals surface area contributed by atoms with Crippen LogP contribution in [-0.2, 0) is 19.1 Å². The maximum atomic E-state index is 14.2. The van der Waals surface area contributed by atoms with Crippen molar-refractivity contribution < 1.29 is 24.2 Å². The zero-order chi connectivity index (χ0) is 26.5. The highest BCUT2D eigenvalue weighted by Gasteiger charge is 2.74. The van der Waals surface area contributed by atoms with Gasteiger partial charge in [-0.3, -0.25) is 14.4 Å². The standard InChI is InChI=1S/C28H44N2O5S/c1-6-9-11-16-29(15-8-3)26(33)24-28-14-13-21(36-28)22(27(34)35-17-12-10-7-2)23(28)25(32)30(24)20(18-31)19(4)5/h7-8,19-24,31H,2-3,6,9-18H2,1,4-5H3/t20-,21+,22-,23-,24?,28?/m0/s1. The number of rotatable bonds is 15. The Labute approximate surface area is 220 Å². The Balaban J connectivity index is 1.97. The van der Waals surface area contributed by atoms with E-state index in [2.05, 4.69) is 20.1 Å². The number of thioether (sulfide) groups is 1. The van der Waals surface area contributed by atoms with Gasteiger partial charge in [-0.1, -0.05) is 45.8 Å². The molecule has 3 rings (SSSR count). The van der Waals surface area contributed by atoms with Crippen molar-refractivity contribution in [3.63, 3.8) is 0 Å². The number of hydrogen-bond acceptors (Lipinski definition) is 6. The Morgan fingerprint density at radius 2 is 2.03 bits per heavy atom. The average Bonchev–Trinajstić information content (AvgIpc) is 3.49. The lowest BCUT2D eigenvalue weighted by Crippen LogP contribution is -2.58. The number of likely N-dealkylation sites (tertiary alicyclic amines) is 1. The summed E-state index contributed by atoms with van der Waals surface area (Å²) < 4.78 is 4.95. The SMILES string of the molecule is C=CCCCOC(=O)[C@@H]1[C@H]2C(=O)N([C@@H](CO)C(C)C)C(C(=O)N(CC=C)CCCCC)C23CC[C@H]1S3. The molecule has 2 unspecified atom stereocenters. The number of fused-ring (bicyclic) bond motifs is 1. The van der Waals surface area contributed by atoms with Crippen LogP contribution in [0.5, 0.6) is 0 Å². The molecule has 3 aliphatic heterocycles. The maximum Gasteiger partial charge on any atom is 0.310 e. The Kier molecular flexibility index (Phi) is 10.1. The number of nitrogens with zero attached hydrogens (tertiary/aromatic N) is 2. The first kappa shape index (κ1) is 28.8. The molecule has 2 amide bonds. The van der Waals surface area contributed by atoms with Gasteiger partial charge in [0.1, 0.15) is 6.04 Å². The first-order valence-corrected chi connectivity index (χ1v) is 14.4. The smallest absolute Gasteiger partial charge is 0.310 e. The van der Waals surface area contributed by atoms with Crippen LogP contribution in [0.3, 0.4) is 0 Å². The fraction of sp³-hybridized carbons (Fsp3) is 0.750. The lowest BCUT2D eigenvalue weighted by atomic mass is 9.71. The molecule has 3 fully saturated rings. The minimum Gasteiger partial charge on any atom is -0.465 e. The highest BCUT2D eigenvalue weighted by molar-refractivity contribution is 8.02. The largest absolute Gasteiger partial charge is 0.465 e. The number of carbonyl (C=O) groups excluding carboxylic acids is 3. The molecule has 1 N–H and O–H groups in total. The van der Waals surface area contributed by atoms with E-state index in [9.17, 15) is 19.5 Å². The summed E-state index contributed by atoms with van der Waals surface area (Å²) in [6.45, 7) is 14.7. The molecule has 0 aromatic heterocycles. The summed E-state index contributed by atoms with van der Waals surface area (Å²) >= 11 is 1.64. The lowest BCUT2D eigenvalue weighted by Gasteiger charge is -2.40. The number of carbonyl (C=O) groups is 3. The number of hydrogen-bond donors (Lipinski definition) is 1. The third-order valence-electron chi connectivity index (χ3n) is 8.05. The van der Waals surface area contributed by atoms with E-state index in [-0.39, 0.29) is 35.6 Å². The van der Waals surface area contributed by atoms with Crippen molar-refractivity contribution in [2.75, 3.05) is 26.3 Å². The maximum absolute atomic E-state index is 14.2. The zero-order valence-corrected chi connectivity index (χ0v) is 23.0. The highest BCUT2D eigenvalue weighted by Crippen LogP contribution is 2.67. The topological polar surface area (TPSA) is 87.1 Å². The van der Waals surface area contributed by atoms with Crippen LogP contribution in [0.15, 0.2) is 25.3 Å². The molecule has 36 heavy (non-hydrogen) atoms. The third-order valence-corrected chi connectivity index (χ3v) is 10.00. The number of ether oxygens (including phenoxy) is 1. The number of unbranched alkanes of at least 4 members (excludes halogenated alkanes) is 3. The monoisotopic (exact) mass is 520 g/mol. The molecule has 0 aromatic carbocycles. The molecule has 7 nitrogen and oxygen atoms in total.